The van der Waals surface area contributed by atoms with E-state index < -0.39 is 5.41 Å². The van der Waals surface area contributed by atoms with Crippen LogP contribution in [0.15, 0.2) is 42.0 Å². The molecule has 0 aliphatic heterocycles. The second-order valence-electron chi connectivity index (χ2n) is 17.4. The molecule has 6 rings (SSSR count). The van der Waals surface area contributed by atoms with Gasteiger partial charge in [0.25, 0.3) is 0 Å². The Morgan fingerprint density at radius 2 is 1.58 bits per heavy atom. The van der Waals surface area contributed by atoms with Crippen LogP contribution in [0.5, 0.6) is 0 Å². The predicted octanol–water partition coefficient (Wildman–Crippen LogP) is 8.15. The molecule has 0 heterocycles. The number of allylic oxidation sites excluding steroid dienone is 2. The molecule has 1 aromatic rings. The summed E-state index contributed by atoms with van der Waals surface area (Å²) in [5.41, 5.74) is 3.99. The van der Waals surface area contributed by atoms with E-state index in [1.165, 1.54) is 12.5 Å². The first kappa shape index (κ1) is 32.5. The Morgan fingerprint density at radius 1 is 0.889 bits per heavy atom. The van der Waals surface area contributed by atoms with Crippen molar-refractivity contribution in [3.63, 3.8) is 0 Å². The number of amides is 1. The summed E-state index contributed by atoms with van der Waals surface area (Å²) in [4.78, 5) is 46.0. The van der Waals surface area contributed by atoms with Crippen molar-refractivity contribution in [1.29, 1.82) is 0 Å². The lowest BCUT2D eigenvalue weighted by Gasteiger charge is -2.70. The number of rotatable bonds is 5. The van der Waals surface area contributed by atoms with Crippen LogP contribution in [0.2, 0.25) is 0 Å². The zero-order valence-electron chi connectivity index (χ0n) is 28.9. The molecule has 0 spiro atoms. The summed E-state index contributed by atoms with van der Waals surface area (Å²) in [6, 6.07) is 9.88. The van der Waals surface area contributed by atoms with E-state index in [0.29, 0.717) is 12.5 Å². The summed E-state index contributed by atoms with van der Waals surface area (Å²) in [5.74, 6) is 0.426. The highest BCUT2D eigenvalue weighted by atomic mass is 16.6. The van der Waals surface area contributed by atoms with Crippen molar-refractivity contribution in [2.75, 3.05) is 0 Å². The molecule has 1 amide bonds. The van der Waals surface area contributed by atoms with E-state index in [9.17, 15) is 14.4 Å². The van der Waals surface area contributed by atoms with Gasteiger partial charge in [-0.05, 0) is 103 Å². The molecule has 9 atom stereocenters. The molecule has 4 fully saturated rings. The lowest BCUT2D eigenvalue weighted by Crippen LogP contribution is -2.66. The van der Waals surface area contributed by atoms with Crippen LogP contribution in [0.4, 0.5) is 0 Å². The quantitative estimate of drug-likeness (QED) is 0.266. The van der Waals surface area contributed by atoms with Crippen LogP contribution in [0.3, 0.4) is 0 Å². The van der Waals surface area contributed by atoms with E-state index in [1.807, 2.05) is 30.3 Å². The molecule has 5 aliphatic rings. The largest absolute Gasteiger partial charge is 0.462 e. The average Bonchev–Trinajstić information content (AvgIpc) is 2.97. The van der Waals surface area contributed by atoms with Crippen molar-refractivity contribution in [1.82, 2.24) is 5.48 Å². The van der Waals surface area contributed by atoms with Crippen LogP contribution in [0.25, 0.3) is 0 Å². The summed E-state index contributed by atoms with van der Waals surface area (Å²) in [6.45, 7) is 18.1. The SMILES string of the molecule is CC(=O)OC1CCC2(C)C(CCC3(C)C2C(=O)C=C2C4CC(C)(C(=O)NOCc5ccccc5)CCC4(C)CCC23C)C1(C)C. The summed E-state index contributed by atoms with van der Waals surface area (Å²) in [7, 11) is 0. The number of fused-ring (bicyclic) bond motifs is 7. The van der Waals surface area contributed by atoms with Crippen LogP contribution < -0.4 is 5.48 Å². The number of carbonyl (C=O) groups excluding carboxylic acids is 3. The fraction of sp³-hybridized carbons (Fsp3) is 0.718. The van der Waals surface area contributed by atoms with Crippen molar-refractivity contribution < 1.29 is 24.0 Å². The first-order valence-corrected chi connectivity index (χ1v) is 17.4. The van der Waals surface area contributed by atoms with Gasteiger partial charge in [-0.3, -0.25) is 19.2 Å². The number of nitrogens with one attached hydrogen (secondary N) is 1. The number of hydroxylamine groups is 1. The van der Waals surface area contributed by atoms with Crippen molar-refractivity contribution in [2.24, 2.45) is 50.2 Å². The molecule has 6 nitrogen and oxygen atoms in total. The Hall–Kier alpha value is -2.47. The van der Waals surface area contributed by atoms with Crippen LogP contribution in [-0.2, 0) is 30.6 Å². The molecule has 1 aromatic carbocycles. The van der Waals surface area contributed by atoms with Gasteiger partial charge in [-0.2, -0.15) is 0 Å². The monoisotopic (exact) mass is 617 g/mol. The number of ether oxygens (including phenoxy) is 1. The van der Waals surface area contributed by atoms with Gasteiger partial charge in [0.05, 0.1) is 6.61 Å². The third-order valence-corrected chi connectivity index (χ3v) is 14.6. The van der Waals surface area contributed by atoms with Crippen molar-refractivity contribution >= 4 is 17.7 Å². The molecular formula is C39H55NO5. The van der Waals surface area contributed by atoms with Crippen molar-refractivity contribution in [3.05, 3.63) is 47.5 Å². The predicted molar refractivity (Wildman–Crippen MR) is 174 cm³/mol. The zero-order valence-corrected chi connectivity index (χ0v) is 28.9. The number of carbonyl (C=O) groups is 3. The van der Waals surface area contributed by atoms with Gasteiger partial charge >= 0.3 is 5.97 Å². The molecular weight excluding hydrogens is 562 g/mol. The topological polar surface area (TPSA) is 81.7 Å². The second-order valence-corrected chi connectivity index (χ2v) is 17.4. The van der Waals surface area contributed by atoms with Gasteiger partial charge in [0.2, 0.25) is 5.91 Å². The molecule has 9 unspecified atom stereocenters. The van der Waals surface area contributed by atoms with Gasteiger partial charge in [0.1, 0.15) is 6.10 Å². The Bertz CT molecular complexity index is 1400. The fourth-order valence-corrected chi connectivity index (χ4v) is 11.7. The first-order valence-electron chi connectivity index (χ1n) is 17.4. The highest BCUT2D eigenvalue weighted by Crippen LogP contribution is 2.75. The standard InChI is InChI=1S/C39H55NO5/c1-25(41)45-31-15-16-37(6)30(34(31,2)3)14-17-39(8)32(37)29(42)22-27-28-23-36(5,19-18-35(28,4)20-21-38(27,39)7)33(43)40-44-24-26-12-10-9-11-13-26/h9-13,22,28,30-32H,14-21,23-24H2,1-8H3,(H,40,43). The van der Waals surface area contributed by atoms with Gasteiger partial charge in [0.15, 0.2) is 5.78 Å². The Morgan fingerprint density at radius 3 is 2.27 bits per heavy atom. The van der Waals surface area contributed by atoms with E-state index in [4.69, 9.17) is 9.57 Å². The lowest BCUT2D eigenvalue weighted by molar-refractivity contribution is -0.210. The Kier molecular flexibility index (Phi) is 7.78. The Labute approximate surface area is 270 Å². The normalized spacial score (nSPS) is 43.5. The first-order chi connectivity index (χ1) is 21.0. The maximum absolute atomic E-state index is 14.7. The second kappa shape index (κ2) is 10.8. The molecule has 45 heavy (non-hydrogen) atoms. The molecule has 6 heteroatoms. The molecule has 0 bridgehead atoms. The highest BCUT2D eigenvalue weighted by Gasteiger charge is 2.70. The van der Waals surface area contributed by atoms with Crippen molar-refractivity contribution in [3.8, 4) is 0 Å². The van der Waals surface area contributed by atoms with E-state index in [2.05, 4.69) is 60.0 Å². The third-order valence-electron chi connectivity index (χ3n) is 14.6. The fourth-order valence-electron chi connectivity index (χ4n) is 11.7. The number of benzene rings is 1. The van der Waals surface area contributed by atoms with Gasteiger partial charge in [-0.1, -0.05) is 84.4 Å². The highest BCUT2D eigenvalue weighted by molar-refractivity contribution is 5.95. The van der Waals surface area contributed by atoms with Gasteiger partial charge in [-0.15, -0.1) is 0 Å². The van der Waals surface area contributed by atoms with E-state index in [1.54, 1.807) is 0 Å². The minimum Gasteiger partial charge on any atom is -0.462 e. The minimum atomic E-state index is -0.566. The molecule has 0 aromatic heterocycles. The van der Waals surface area contributed by atoms with E-state index >= 15 is 0 Å². The van der Waals surface area contributed by atoms with Gasteiger partial charge in [0, 0.05) is 23.7 Å². The third kappa shape index (κ3) is 4.86. The molecule has 1 N–H and O–H groups in total. The maximum Gasteiger partial charge on any atom is 0.302 e. The van der Waals surface area contributed by atoms with Gasteiger partial charge < -0.3 is 4.74 Å². The van der Waals surface area contributed by atoms with Crippen LogP contribution >= 0.6 is 0 Å². The summed E-state index contributed by atoms with van der Waals surface area (Å²) < 4.78 is 5.87. The molecule has 0 saturated heterocycles. The van der Waals surface area contributed by atoms with Crippen molar-refractivity contribution in [2.45, 2.75) is 126 Å². The summed E-state index contributed by atoms with van der Waals surface area (Å²) in [6.07, 6.45) is 10.4. The van der Waals surface area contributed by atoms with Crippen LogP contribution in [-0.4, -0.2) is 23.8 Å². The summed E-state index contributed by atoms with van der Waals surface area (Å²) >= 11 is 0. The van der Waals surface area contributed by atoms with E-state index in [-0.39, 0.29) is 62.7 Å². The summed E-state index contributed by atoms with van der Waals surface area (Å²) in [5, 5.41) is 0. The molecule has 4 saturated carbocycles. The molecule has 246 valence electrons. The molecule has 5 aliphatic carbocycles. The Balaban J connectivity index is 1.29. The molecule has 0 radical (unpaired) electrons. The number of hydrogen-bond donors (Lipinski definition) is 1. The number of ketones is 1. The van der Waals surface area contributed by atoms with Crippen LogP contribution in [0.1, 0.15) is 119 Å². The zero-order chi connectivity index (χ0) is 32.6. The number of esters is 1. The van der Waals surface area contributed by atoms with E-state index in [0.717, 1.165) is 63.4 Å². The smallest absolute Gasteiger partial charge is 0.302 e. The number of hydrogen-bond acceptors (Lipinski definition) is 5. The maximum atomic E-state index is 14.7. The average molecular weight is 618 g/mol. The van der Waals surface area contributed by atoms with Gasteiger partial charge in [-0.25, -0.2) is 5.48 Å². The van der Waals surface area contributed by atoms with Crippen LogP contribution in [0, 0.1) is 50.2 Å². The lowest BCUT2D eigenvalue weighted by atomic mass is 9.33. The minimum absolute atomic E-state index is 0.0561.